The summed E-state index contributed by atoms with van der Waals surface area (Å²) in [6.45, 7) is 8.49. The summed E-state index contributed by atoms with van der Waals surface area (Å²) < 4.78 is 0. The topological polar surface area (TPSA) is 70.5 Å². The van der Waals surface area contributed by atoms with E-state index in [1.54, 1.807) is 4.90 Å². The summed E-state index contributed by atoms with van der Waals surface area (Å²) in [6, 6.07) is 0. The number of nitrogens with zero attached hydrogens (tertiary/aromatic N) is 2. The van der Waals surface area contributed by atoms with Gasteiger partial charge < -0.3 is 10.0 Å². The van der Waals surface area contributed by atoms with Crippen LogP contribution in [0.5, 0.6) is 0 Å². The number of aliphatic carboxylic acids is 1. The van der Waals surface area contributed by atoms with Crippen LogP contribution >= 0.6 is 11.3 Å². The third-order valence-corrected chi connectivity index (χ3v) is 3.46. The normalized spacial score (nSPS) is 10.8. The molecule has 0 fully saturated rings. The second kappa shape index (κ2) is 6.65. The summed E-state index contributed by atoms with van der Waals surface area (Å²) in [5.74, 6) is -0.776. The van der Waals surface area contributed by atoms with Crippen LogP contribution in [-0.2, 0) is 4.79 Å². The maximum Gasteiger partial charge on any atom is 0.305 e. The second-order valence-corrected chi connectivity index (χ2v) is 6.33. The van der Waals surface area contributed by atoms with Gasteiger partial charge in [0.1, 0.15) is 5.69 Å². The summed E-state index contributed by atoms with van der Waals surface area (Å²) >= 11 is 1.48. The first kappa shape index (κ1) is 15.6. The first-order chi connectivity index (χ1) is 8.81. The molecule has 1 N–H and O–H groups in total. The molecule has 106 valence electrons. The van der Waals surface area contributed by atoms with E-state index < -0.39 is 5.97 Å². The summed E-state index contributed by atoms with van der Waals surface area (Å²) in [5, 5.41) is 9.61. The Balaban J connectivity index is 2.86. The maximum atomic E-state index is 12.4. The zero-order valence-electron chi connectivity index (χ0n) is 11.8. The van der Waals surface area contributed by atoms with Gasteiger partial charge in [0.25, 0.3) is 5.91 Å². The van der Waals surface area contributed by atoms with E-state index >= 15 is 0 Å². The van der Waals surface area contributed by atoms with Crippen molar-refractivity contribution < 1.29 is 14.7 Å². The number of carboxylic acids is 1. The van der Waals surface area contributed by atoms with Gasteiger partial charge in [-0.1, -0.05) is 13.8 Å². The molecular formula is C13H20N2O3S. The Morgan fingerprint density at radius 2 is 2.00 bits per heavy atom. The first-order valence-electron chi connectivity index (χ1n) is 6.26. The fourth-order valence-electron chi connectivity index (χ4n) is 1.82. The highest BCUT2D eigenvalue weighted by Crippen LogP contribution is 2.18. The monoisotopic (exact) mass is 284 g/mol. The first-order valence-corrected chi connectivity index (χ1v) is 7.08. The Labute approximate surface area is 117 Å². The molecule has 0 atom stereocenters. The molecule has 0 radical (unpaired) electrons. The number of carbonyl (C=O) groups excluding carboxylic acids is 1. The van der Waals surface area contributed by atoms with E-state index in [1.807, 2.05) is 27.7 Å². The molecule has 0 aliphatic heterocycles. The molecule has 0 unspecified atom stereocenters. The van der Waals surface area contributed by atoms with Crippen LogP contribution in [0.3, 0.4) is 0 Å². The molecule has 1 rings (SSSR count). The molecule has 1 aromatic rings. The molecule has 0 aliphatic carbocycles. The van der Waals surface area contributed by atoms with Gasteiger partial charge in [0.2, 0.25) is 0 Å². The number of hydrogen-bond acceptors (Lipinski definition) is 4. The molecule has 0 saturated heterocycles. The van der Waals surface area contributed by atoms with Crippen LogP contribution in [-0.4, -0.2) is 40.0 Å². The van der Waals surface area contributed by atoms with Crippen LogP contribution < -0.4 is 0 Å². The smallest absolute Gasteiger partial charge is 0.305 e. The van der Waals surface area contributed by atoms with Crippen molar-refractivity contribution in [2.24, 2.45) is 5.92 Å². The molecule has 1 aromatic heterocycles. The van der Waals surface area contributed by atoms with Crippen molar-refractivity contribution >= 4 is 23.2 Å². The van der Waals surface area contributed by atoms with Gasteiger partial charge in [0.05, 0.1) is 11.4 Å². The predicted molar refractivity (Wildman–Crippen MR) is 74.6 cm³/mol. The van der Waals surface area contributed by atoms with E-state index in [0.29, 0.717) is 12.2 Å². The highest BCUT2D eigenvalue weighted by atomic mass is 32.1. The van der Waals surface area contributed by atoms with Crippen molar-refractivity contribution in [3.8, 4) is 0 Å². The van der Waals surface area contributed by atoms with Crippen LogP contribution in [0.15, 0.2) is 0 Å². The standard InChI is InChI=1S/C13H20N2O3S/c1-8(2)7-15(6-5-11(16)17)13(18)12-9(3)19-10(4)14-12/h8H,5-7H2,1-4H3,(H,16,17). The van der Waals surface area contributed by atoms with Crippen molar-refractivity contribution in [1.82, 2.24) is 9.88 Å². The molecule has 0 saturated carbocycles. The molecule has 6 heteroatoms. The lowest BCUT2D eigenvalue weighted by atomic mass is 10.2. The van der Waals surface area contributed by atoms with Crippen molar-refractivity contribution in [3.05, 3.63) is 15.6 Å². The van der Waals surface area contributed by atoms with Crippen molar-refractivity contribution in [2.45, 2.75) is 34.1 Å². The van der Waals surface area contributed by atoms with Gasteiger partial charge in [-0.3, -0.25) is 9.59 Å². The Hall–Kier alpha value is -1.43. The highest BCUT2D eigenvalue weighted by molar-refractivity contribution is 7.11. The molecule has 1 heterocycles. The van der Waals surface area contributed by atoms with Gasteiger partial charge in [-0.2, -0.15) is 0 Å². The zero-order valence-corrected chi connectivity index (χ0v) is 12.6. The van der Waals surface area contributed by atoms with E-state index in [0.717, 1.165) is 9.88 Å². The minimum Gasteiger partial charge on any atom is -0.481 e. The minimum atomic E-state index is -0.896. The second-order valence-electron chi connectivity index (χ2n) is 4.93. The summed E-state index contributed by atoms with van der Waals surface area (Å²) in [6.07, 6.45) is -0.0410. The Kier molecular flexibility index (Phi) is 5.47. The van der Waals surface area contributed by atoms with Crippen LogP contribution in [0.2, 0.25) is 0 Å². The number of hydrogen-bond donors (Lipinski definition) is 1. The van der Waals surface area contributed by atoms with E-state index in [9.17, 15) is 9.59 Å². The number of aryl methyl sites for hydroxylation is 2. The van der Waals surface area contributed by atoms with Crippen LogP contribution in [0, 0.1) is 19.8 Å². The Bertz CT molecular complexity index is 468. The average molecular weight is 284 g/mol. The molecule has 0 aromatic carbocycles. The van der Waals surface area contributed by atoms with Gasteiger partial charge in [-0.05, 0) is 19.8 Å². The number of carbonyl (C=O) groups is 2. The van der Waals surface area contributed by atoms with Crippen LogP contribution in [0.4, 0.5) is 0 Å². The molecular weight excluding hydrogens is 264 g/mol. The van der Waals surface area contributed by atoms with E-state index in [-0.39, 0.29) is 24.8 Å². The maximum absolute atomic E-state index is 12.4. The van der Waals surface area contributed by atoms with E-state index in [4.69, 9.17) is 5.11 Å². The summed E-state index contributed by atoms with van der Waals surface area (Å²) in [7, 11) is 0. The summed E-state index contributed by atoms with van der Waals surface area (Å²) in [5.41, 5.74) is 0.452. The average Bonchev–Trinajstić information content (AvgIpc) is 2.62. The number of thiazole rings is 1. The summed E-state index contributed by atoms with van der Waals surface area (Å²) in [4.78, 5) is 29.8. The number of carboxylic acid groups (broad SMARTS) is 1. The zero-order chi connectivity index (χ0) is 14.6. The minimum absolute atomic E-state index is 0.0410. The number of aromatic nitrogens is 1. The molecule has 0 spiro atoms. The van der Waals surface area contributed by atoms with Crippen LogP contribution in [0.1, 0.15) is 40.6 Å². The van der Waals surface area contributed by atoms with Crippen molar-refractivity contribution in [1.29, 1.82) is 0 Å². The van der Waals surface area contributed by atoms with Crippen molar-refractivity contribution in [3.63, 3.8) is 0 Å². The Morgan fingerprint density at radius 3 is 2.42 bits per heavy atom. The van der Waals surface area contributed by atoms with Gasteiger partial charge >= 0.3 is 5.97 Å². The van der Waals surface area contributed by atoms with Crippen LogP contribution in [0.25, 0.3) is 0 Å². The van der Waals surface area contributed by atoms with E-state index in [2.05, 4.69) is 4.98 Å². The predicted octanol–water partition coefficient (Wildman–Crippen LogP) is 2.33. The number of amides is 1. The third kappa shape index (κ3) is 4.63. The number of rotatable bonds is 6. The molecule has 0 aliphatic rings. The van der Waals surface area contributed by atoms with Gasteiger partial charge in [-0.25, -0.2) is 4.98 Å². The third-order valence-electron chi connectivity index (χ3n) is 2.57. The lowest BCUT2D eigenvalue weighted by molar-refractivity contribution is -0.137. The van der Waals surface area contributed by atoms with E-state index in [1.165, 1.54) is 11.3 Å². The van der Waals surface area contributed by atoms with Gasteiger partial charge in [0.15, 0.2) is 0 Å². The Morgan fingerprint density at radius 1 is 1.37 bits per heavy atom. The molecule has 19 heavy (non-hydrogen) atoms. The fraction of sp³-hybridized carbons (Fsp3) is 0.615. The largest absolute Gasteiger partial charge is 0.481 e. The molecule has 1 amide bonds. The quantitative estimate of drug-likeness (QED) is 0.870. The SMILES string of the molecule is Cc1nc(C(=O)N(CCC(=O)O)CC(C)C)c(C)s1. The lowest BCUT2D eigenvalue weighted by Gasteiger charge is -2.23. The van der Waals surface area contributed by atoms with Crippen molar-refractivity contribution in [2.75, 3.05) is 13.1 Å². The molecule has 5 nitrogen and oxygen atoms in total. The lowest BCUT2D eigenvalue weighted by Crippen LogP contribution is -2.36. The van der Waals surface area contributed by atoms with Gasteiger partial charge in [-0.15, -0.1) is 11.3 Å². The van der Waals surface area contributed by atoms with Gasteiger partial charge in [0, 0.05) is 18.0 Å². The molecule has 0 bridgehead atoms. The fourth-order valence-corrected chi connectivity index (χ4v) is 2.63. The highest BCUT2D eigenvalue weighted by Gasteiger charge is 2.22.